The van der Waals surface area contributed by atoms with Crippen molar-refractivity contribution in [1.82, 2.24) is 9.55 Å². The maximum absolute atomic E-state index is 4.68. The molecule has 0 amide bonds. The summed E-state index contributed by atoms with van der Waals surface area (Å²) >= 11 is 0. The molecule has 4 rings (SSSR count). The van der Waals surface area contributed by atoms with Gasteiger partial charge in [-0.05, 0) is 58.4 Å². The second-order valence-corrected chi connectivity index (χ2v) is 15.3. The van der Waals surface area contributed by atoms with Gasteiger partial charge in [-0.15, -0.1) is 0 Å². The lowest BCUT2D eigenvalue weighted by Crippen LogP contribution is -2.37. The summed E-state index contributed by atoms with van der Waals surface area (Å²) in [5, 5.41) is 1.51. The highest BCUT2D eigenvalue weighted by atomic mass is 28.3. The molecule has 0 radical (unpaired) electrons. The average Bonchev–Trinajstić information content (AvgIpc) is 3.16. The van der Waals surface area contributed by atoms with E-state index in [9.17, 15) is 0 Å². The molecule has 1 heterocycles. The minimum atomic E-state index is -1.30. The zero-order valence-electron chi connectivity index (χ0n) is 19.9. The Kier molecular flexibility index (Phi) is 5.65. The van der Waals surface area contributed by atoms with E-state index in [1.54, 1.807) is 0 Å². The number of fused-ring (bicyclic) bond motifs is 1. The first kappa shape index (κ1) is 21.6. The van der Waals surface area contributed by atoms with Crippen molar-refractivity contribution in [3.63, 3.8) is 0 Å². The lowest BCUT2D eigenvalue weighted by Gasteiger charge is -2.23. The van der Waals surface area contributed by atoms with Gasteiger partial charge in [0.1, 0.15) is 6.33 Å². The van der Waals surface area contributed by atoms with Gasteiger partial charge in [0.05, 0.1) is 24.8 Å². The standard InChI is InChI=1S/C28H34N2Si/c1-19(2)24-16-22(21-12-14-23(15-13-21)31(5,6)7)17-25(20(3)4)28(24)30-18-29-26-10-8-9-11-27(26)30/h8-20H,1-7H3. The Morgan fingerprint density at radius 1 is 0.742 bits per heavy atom. The highest BCUT2D eigenvalue weighted by Crippen LogP contribution is 2.37. The molecule has 0 fully saturated rings. The highest BCUT2D eigenvalue weighted by Gasteiger charge is 2.20. The Morgan fingerprint density at radius 2 is 1.32 bits per heavy atom. The Hall–Kier alpha value is -2.65. The van der Waals surface area contributed by atoms with Crippen LogP contribution >= 0.6 is 0 Å². The van der Waals surface area contributed by atoms with Crippen LogP contribution in [0.5, 0.6) is 0 Å². The third-order valence-corrected chi connectivity index (χ3v) is 8.26. The quantitative estimate of drug-likeness (QED) is 0.302. The molecule has 0 aliphatic carbocycles. The zero-order valence-corrected chi connectivity index (χ0v) is 20.9. The smallest absolute Gasteiger partial charge is 0.100 e. The van der Waals surface area contributed by atoms with Crippen LogP contribution in [0.3, 0.4) is 0 Å². The van der Waals surface area contributed by atoms with Gasteiger partial charge in [0.15, 0.2) is 0 Å². The minimum absolute atomic E-state index is 0.412. The third-order valence-electron chi connectivity index (χ3n) is 6.19. The molecule has 0 unspecified atom stereocenters. The van der Waals surface area contributed by atoms with Crippen molar-refractivity contribution in [2.24, 2.45) is 0 Å². The Bertz CT molecular complexity index is 1180. The number of nitrogens with zero attached hydrogens (tertiary/aromatic N) is 2. The predicted octanol–water partition coefficient (Wildman–Crippen LogP) is 7.48. The van der Waals surface area contributed by atoms with Gasteiger partial charge in [-0.1, -0.05) is 88.9 Å². The Labute approximate surface area is 188 Å². The summed E-state index contributed by atoms with van der Waals surface area (Å²) in [4.78, 5) is 4.68. The summed E-state index contributed by atoms with van der Waals surface area (Å²) in [6, 6.07) is 22.5. The van der Waals surface area contributed by atoms with Crippen LogP contribution < -0.4 is 5.19 Å². The Balaban J connectivity index is 1.93. The van der Waals surface area contributed by atoms with E-state index in [4.69, 9.17) is 0 Å². The fourth-order valence-electron chi connectivity index (χ4n) is 4.31. The zero-order chi connectivity index (χ0) is 22.3. The largest absolute Gasteiger partial charge is 0.298 e. The molecule has 0 bridgehead atoms. The maximum atomic E-state index is 4.68. The van der Waals surface area contributed by atoms with Gasteiger partial charge in [-0.3, -0.25) is 4.57 Å². The van der Waals surface area contributed by atoms with E-state index in [0.29, 0.717) is 11.8 Å². The first-order valence-electron chi connectivity index (χ1n) is 11.4. The molecule has 0 spiro atoms. The van der Waals surface area contributed by atoms with Gasteiger partial charge in [0, 0.05) is 0 Å². The molecule has 0 saturated carbocycles. The molecule has 0 aliphatic rings. The molecule has 3 aromatic carbocycles. The maximum Gasteiger partial charge on any atom is 0.100 e. The van der Waals surface area contributed by atoms with E-state index >= 15 is 0 Å². The van der Waals surface area contributed by atoms with Crippen molar-refractivity contribution in [2.75, 3.05) is 0 Å². The molecule has 2 nitrogen and oxygen atoms in total. The van der Waals surface area contributed by atoms with E-state index in [2.05, 4.69) is 118 Å². The molecule has 1 aromatic heterocycles. The van der Waals surface area contributed by atoms with Gasteiger partial charge in [0.25, 0.3) is 0 Å². The van der Waals surface area contributed by atoms with Crippen LogP contribution in [-0.4, -0.2) is 17.6 Å². The summed E-state index contributed by atoms with van der Waals surface area (Å²) in [6.45, 7) is 16.4. The molecular formula is C28H34N2Si. The first-order chi connectivity index (χ1) is 14.7. The average molecular weight is 427 g/mol. The molecule has 0 N–H and O–H groups in total. The van der Waals surface area contributed by atoms with E-state index in [-0.39, 0.29) is 0 Å². The highest BCUT2D eigenvalue weighted by molar-refractivity contribution is 6.88. The molecule has 0 saturated heterocycles. The fourth-order valence-corrected chi connectivity index (χ4v) is 5.47. The van der Waals surface area contributed by atoms with Gasteiger partial charge in [0.2, 0.25) is 0 Å². The monoisotopic (exact) mass is 426 g/mol. The van der Waals surface area contributed by atoms with Crippen LogP contribution in [-0.2, 0) is 0 Å². The summed E-state index contributed by atoms with van der Waals surface area (Å²) < 4.78 is 2.29. The van der Waals surface area contributed by atoms with Crippen molar-refractivity contribution in [2.45, 2.75) is 59.2 Å². The number of aromatic nitrogens is 2. The van der Waals surface area contributed by atoms with Crippen molar-refractivity contribution in [1.29, 1.82) is 0 Å². The van der Waals surface area contributed by atoms with E-state index in [0.717, 1.165) is 5.52 Å². The molecule has 160 valence electrons. The van der Waals surface area contributed by atoms with Crippen LogP contribution in [0.25, 0.3) is 27.8 Å². The number of para-hydroxylation sites is 2. The van der Waals surface area contributed by atoms with Crippen molar-refractivity contribution in [3.05, 3.63) is 78.1 Å². The summed E-state index contributed by atoms with van der Waals surface area (Å²) in [5.74, 6) is 0.824. The number of hydrogen-bond donors (Lipinski definition) is 0. The van der Waals surface area contributed by atoms with Gasteiger partial charge < -0.3 is 0 Å². The van der Waals surface area contributed by atoms with Crippen LogP contribution in [0.15, 0.2) is 67.0 Å². The number of hydrogen-bond acceptors (Lipinski definition) is 1. The van der Waals surface area contributed by atoms with Crippen molar-refractivity contribution in [3.8, 4) is 16.8 Å². The summed E-state index contributed by atoms with van der Waals surface area (Å²) in [6.07, 6.45) is 1.99. The molecular weight excluding hydrogens is 392 g/mol. The normalized spacial score (nSPS) is 12.3. The third kappa shape index (κ3) is 4.11. The predicted molar refractivity (Wildman–Crippen MR) is 138 cm³/mol. The van der Waals surface area contributed by atoms with Gasteiger partial charge >= 0.3 is 0 Å². The number of benzene rings is 3. The molecule has 3 heteroatoms. The fraction of sp³-hybridized carbons (Fsp3) is 0.321. The molecule has 0 aliphatic heterocycles. The van der Waals surface area contributed by atoms with Gasteiger partial charge in [-0.25, -0.2) is 4.98 Å². The molecule has 4 aromatic rings. The van der Waals surface area contributed by atoms with E-state index in [1.807, 2.05) is 6.33 Å². The summed E-state index contributed by atoms with van der Waals surface area (Å²) in [5.41, 5.74) is 8.85. The van der Waals surface area contributed by atoms with E-state index in [1.165, 1.54) is 38.6 Å². The van der Waals surface area contributed by atoms with Crippen LogP contribution in [0.1, 0.15) is 50.7 Å². The second-order valence-electron chi connectivity index (χ2n) is 10.2. The van der Waals surface area contributed by atoms with Crippen molar-refractivity contribution >= 4 is 24.3 Å². The number of imidazole rings is 1. The van der Waals surface area contributed by atoms with Gasteiger partial charge in [-0.2, -0.15) is 0 Å². The van der Waals surface area contributed by atoms with Crippen molar-refractivity contribution < 1.29 is 0 Å². The Morgan fingerprint density at radius 3 is 1.87 bits per heavy atom. The SMILES string of the molecule is CC(C)c1cc(-c2ccc([Si](C)(C)C)cc2)cc(C(C)C)c1-n1cnc2ccccc21. The topological polar surface area (TPSA) is 17.8 Å². The first-order valence-corrected chi connectivity index (χ1v) is 14.9. The summed E-state index contributed by atoms with van der Waals surface area (Å²) in [7, 11) is -1.30. The van der Waals surface area contributed by atoms with E-state index < -0.39 is 8.07 Å². The van der Waals surface area contributed by atoms with Crippen LogP contribution in [0.2, 0.25) is 19.6 Å². The van der Waals surface area contributed by atoms with Crippen LogP contribution in [0.4, 0.5) is 0 Å². The second kappa shape index (κ2) is 8.12. The molecule has 31 heavy (non-hydrogen) atoms. The minimum Gasteiger partial charge on any atom is -0.298 e. The van der Waals surface area contributed by atoms with Crippen LogP contribution in [0, 0.1) is 0 Å². The number of rotatable bonds is 5. The molecule has 0 atom stereocenters. The lowest BCUT2D eigenvalue weighted by molar-refractivity contribution is 0.810. The lowest BCUT2D eigenvalue weighted by atomic mass is 9.88.